The Morgan fingerprint density at radius 2 is 2.00 bits per heavy atom. The first-order valence-corrected chi connectivity index (χ1v) is 3.90. The number of nitrogens with zero attached hydrogens (tertiary/aromatic N) is 1. The van der Waals surface area contributed by atoms with E-state index >= 15 is 0 Å². The van der Waals surface area contributed by atoms with Crippen LogP contribution in [0.2, 0.25) is 0 Å². The maximum absolute atomic E-state index is 8.51. The van der Waals surface area contributed by atoms with E-state index in [0.29, 0.717) is 11.3 Å². The van der Waals surface area contributed by atoms with Crippen molar-refractivity contribution in [2.24, 2.45) is 5.73 Å². The van der Waals surface area contributed by atoms with E-state index in [1.165, 1.54) is 5.41 Å². The first-order valence-electron chi connectivity index (χ1n) is 3.38. The fourth-order valence-electron chi connectivity index (χ4n) is 0.812. The number of hydrogen-bond acceptors (Lipinski definition) is 3. The van der Waals surface area contributed by atoms with Crippen molar-refractivity contribution in [2.45, 2.75) is 0 Å². The molecule has 0 spiro atoms. The maximum Gasteiger partial charge on any atom is 0.0991 e. The summed E-state index contributed by atoms with van der Waals surface area (Å²) in [5.41, 5.74) is 7.70. The van der Waals surface area contributed by atoms with Gasteiger partial charge in [0, 0.05) is 5.70 Å². The van der Waals surface area contributed by atoms with Crippen molar-refractivity contribution in [1.29, 1.82) is 5.26 Å². The van der Waals surface area contributed by atoms with Gasteiger partial charge in [-0.2, -0.15) is 5.26 Å². The Balaban J connectivity index is 3.02. The lowest BCUT2D eigenvalue weighted by Crippen LogP contribution is -1.94. The van der Waals surface area contributed by atoms with Gasteiger partial charge in [0.1, 0.15) is 0 Å². The molecule has 0 fully saturated rings. The van der Waals surface area contributed by atoms with E-state index in [1.807, 2.05) is 6.07 Å². The molecular weight excluding hydrogens is 168 g/mol. The van der Waals surface area contributed by atoms with Gasteiger partial charge in [-0.05, 0) is 23.1 Å². The molecule has 2 nitrogen and oxygen atoms in total. The molecule has 0 aliphatic carbocycles. The summed E-state index contributed by atoms with van der Waals surface area (Å²) in [6.45, 7) is 0. The van der Waals surface area contributed by atoms with Crippen molar-refractivity contribution in [3.05, 3.63) is 40.8 Å². The van der Waals surface area contributed by atoms with Crippen LogP contribution in [-0.2, 0) is 0 Å². The highest BCUT2D eigenvalue weighted by Gasteiger charge is 1.94. The van der Waals surface area contributed by atoms with Crippen LogP contribution in [0.4, 0.5) is 0 Å². The quantitative estimate of drug-likeness (QED) is 0.640. The topological polar surface area (TPSA) is 49.8 Å². The van der Waals surface area contributed by atoms with E-state index in [9.17, 15) is 0 Å². The van der Waals surface area contributed by atoms with E-state index in [4.69, 9.17) is 11.0 Å². The van der Waals surface area contributed by atoms with Gasteiger partial charge in [-0.15, -0.1) is 12.6 Å². The van der Waals surface area contributed by atoms with Crippen LogP contribution in [0.1, 0.15) is 11.1 Å². The minimum Gasteiger partial charge on any atom is -0.398 e. The van der Waals surface area contributed by atoms with Crippen LogP contribution in [0.15, 0.2) is 29.7 Å². The standard InChI is InChI=1S/C9H8N2S/c10-5-7-1-3-8(4-2-7)9(11)6-12/h1-4,6,12H,11H2/b9-6-. The SMILES string of the molecule is N#Cc1ccc(/C(N)=C/S)cc1. The molecule has 3 heteroatoms. The lowest BCUT2D eigenvalue weighted by Gasteiger charge is -1.98. The Morgan fingerprint density at radius 1 is 1.42 bits per heavy atom. The average Bonchev–Trinajstić information content (AvgIpc) is 2.17. The highest BCUT2D eigenvalue weighted by molar-refractivity contribution is 7.83. The average molecular weight is 176 g/mol. The second-order valence-corrected chi connectivity index (χ2v) is 2.53. The normalized spacial score (nSPS) is 10.8. The van der Waals surface area contributed by atoms with Gasteiger partial charge in [0.05, 0.1) is 11.6 Å². The lowest BCUT2D eigenvalue weighted by atomic mass is 10.1. The molecule has 0 bridgehead atoms. The summed E-state index contributed by atoms with van der Waals surface area (Å²) < 4.78 is 0. The van der Waals surface area contributed by atoms with Gasteiger partial charge >= 0.3 is 0 Å². The lowest BCUT2D eigenvalue weighted by molar-refractivity contribution is 1.46. The minimum atomic E-state index is 0.600. The van der Waals surface area contributed by atoms with Crippen molar-refractivity contribution in [3.63, 3.8) is 0 Å². The molecule has 0 heterocycles. The molecule has 0 atom stereocenters. The maximum atomic E-state index is 8.51. The van der Waals surface area contributed by atoms with Crippen LogP contribution in [0.3, 0.4) is 0 Å². The predicted molar refractivity (Wildman–Crippen MR) is 52.3 cm³/mol. The van der Waals surface area contributed by atoms with Crippen molar-refractivity contribution in [3.8, 4) is 6.07 Å². The van der Waals surface area contributed by atoms with Crippen molar-refractivity contribution >= 4 is 18.3 Å². The first kappa shape index (κ1) is 8.69. The van der Waals surface area contributed by atoms with Gasteiger partial charge in [0.15, 0.2) is 0 Å². The van der Waals surface area contributed by atoms with Gasteiger partial charge < -0.3 is 5.73 Å². The molecule has 60 valence electrons. The van der Waals surface area contributed by atoms with Crippen molar-refractivity contribution < 1.29 is 0 Å². The molecule has 2 N–H and O–H groups in total. The Morgan fingerprint density at radius 3 is 2.42 bits per heavy atom. The van der Waals surface area contributed by atoms with E-state index in [2.05, 4.69) is 12.6 Å². The zero-order valence-electron chi connectivity index (χ0n) is 6.36. The van der Waals surface area contributed by atoms with E-state index in [-0.39, 0.29) is 0 Å². The molecule has 1 aromatic rings. The molecule has 0 saturated carbocycles. The predicted octanol–water partition coefficient (Wildman–Crippen LogP) is 1.75. The van der Waals surface area contributed by atoms with Gasteiger partial charge in [0.25, 0.3) is 0 Å². The number of rotatable bonds is 1. The molecule has 0 radical (unpaired) electrons. The van der Waals surface area contributed by atoms with E-state index < -0.39 is 0 Å². The molecule has 0 aromatic heterocycles. The molecule has 1 aromatic carbocycles. The second-order valence-electron chi connectivity index (χ2n) is 2.27. The zero-order chi connectivity index (χ0) is 8.97. The summed E-state index contributed by atoms with van der Waals surface area (Å²) in [6, 6.07) is 9.06. The van der Waals surface area contributed by atoms with Crippen molar-refractivity contribution in [1.82, 2.24) is 0 Å². The van der Waals surface area contributed by atoms with Crippen LogP contribution in [-0.4, -0.2) is 0 Å². The minimum absolute atomic E-state index is 0.600. The van der Waals surface area contributed by atoms with Crippen LogP contribution >= 0.6 is 12.6 Å². The fraction of sp³-hybridized carbons (Fsp3) is 0. The highest BCUT2D eigenvalue weighted by atomic mass is 32.1. The fourth-order valence-corrected chi connectivity index (χ4v) is 0.961. The third kappa shape index (κ3) is 1.80. The van der Waals surface area contributed by atoms with Crippen molar-refractivity contribution in [2.75, 3.05) is 0 Å². The monoisotopic (exact) mass is 176 g/mol. The van der Waals surface area contributed by atoms with E-state index in [1.54, 1.807) is 24.3 Å². The van der Waals surface area contributed by atoms with Crippen LogP contribution in [0, 0.1) is 11.3 Å². The molecule has 12 heavy (non-hydrogen) atoms. The summed E-state index contributed by atoms with van der Waals surface area (Å²) in [7, 11) is 0. The largest absolute Gasteiger partial charge is 0.398 e. The summed E-state index contributed by atoms with van der Waals surface area (Å²) in [6.07, 6.45) is 0. The molecule has 0 saturated heterocycles. The summed E-state index contributed by atoms with van der Waals surface area (Å²) >= 11 is 3.92. The molecule has 0 amide bonds. The number of nitrogens with two attached hydrogens (primary N) is 1. The van der Waals surface area contributed by atoms with Gasteiger partial charge in [-0.25, -0.2) is 0 Å². The zero-order valence-corrected chi connectivity index (χ0v) is 7.25. The van der Waals surface area contributed by atoms with E-state index in [0.717, 1.165) is 5.56 Å². The third-order valence-corrected chi connectivity index (χ3v) is 1.76. The number of benzene rings is 1. The van der Waals surface area contributed by atoms with Crippen LogP contribution in [0.25, 0.3) is 5.70 Å². The Kier molecular flexibility index (Phi) is 2.78. The second kappa shape index (κ2) is 3.84. The Hall–Kier alpha value is -1.40. The summed E-state index contributed by atoms with van der Waals surface area (Å²) in [5.74, 6) is 0. The number of hydrogen-bond donors (Lipinski definition) is 2. The van der Waals surface area contributed by atoms with Gasteiger partial charge in [0.2, 0.25) is 0 Å². The molecule has 1 rings (SSSR count). The summed E-state index contributed by atoms with van der Waals surface area (Å²) in [5, 5.41) is 10.0. The number of thiol groups is 1. The third-order valence-electron chi connectivity index (χ3n) is 1.49. The molecule has 0 aliphatic heterocycles. The molecule has 0 aliphatic rings. The van der Waals surface area contributed by atoms with Gasteiger partial charge in [-0.3, -0.25) is 0 Å². The Labute approximate surface area is 76.7 Å². The number of nitriles is 1. The van der Waals surface area contributed by atoms with Crippen LogP contribution in [0.5, 0.6) is 0 Å². The molecular formula is C9H8N2S. The Bertz CT molecular complexity index is 333. The van der Waals surface area contributed by atoms with Gasteiger partial charge in [-0.1, -0.05) is 12.1 Å². The summed E-state index contributed by atoms with van der Waals surface area (Å²) in [4.78, 5) is 0. The smallest absolute Gasteiger partial charge is 0.0991 e. The first-order chi connectivity index (χ1) is 5.77. The van der Waals surface area contributed by atoms with Crippen LogP contribution < -0.4 is 5.73 Å². The highest BCUT2D eigenvalue weighted by Crippen LogP contribution is 2.10. The molecule has 0 unspecified atom stereocenters.